The highest BCUT2D eigenvalue weighted by atomic mass is 16.6. The van der Waals surface area contributed by atoms with Crippen LogP contribution in [0.3, 0.4) is 0 Å². The van der Waals surface area contributed by atoms with E-state index < -0.39 is 59.6 Å². The van der Waals surface area contributed by atoms with Gasteiger partial charge in [0.15, 0.2) is 0 Å². The normalized spacial score (nSPS) is 10.7. The van der Waals surface area contributed by atoms with Gasteiger partial charge in [-0.1, -0.05) is 123 Å². The first-order valence-electron chi connectivity index (χ1n) is 38.8. The number of hydrogen-bond acceptors (Lipinski definition) is 22. The van der Waals surface area contributed by atoms with Gasteiger partial charge < -0.3 is 68.3 Å². The number of carbonyl (C=O) groups is 10. The van der Waals surface area contributed by atoms with Crippen LogP contribution in [-0.4, -0.2) is 112 Å². The maximum absolute atomic E-state index is 14.0. The van der Waals surface area contributed by atoms with Crippen molar-refractivity contribution in [1.82, 2.24) is 0 Å². The van der Waals surface area contributed by atoms with Crippen LogP contribution in [0.1, 0.15) is 234 Å². The summed E-state index contributed by atoms with van der Waals surface area (Å²) in [5, 5.41) is 0. The number of carbonyl (C=O) groups excluding carboxylic acids is 10. The monoisotopic (exact) mass is 1550 g/mol. The molecule has 113 heavy (non-hydrogen) atoms. The second-order valence-electron chi connectivity index (χ2n) is 26.5. The molecule has 0 aliphatic carbocycles. The second-order valence-corrected chi connectivity index (χ2v) is 26.5. The fraction of sp³-hybridized carbons (Fsp3) is 0.393. The van der Waals surface area contributed by atoms with Crippen LogP contribution < -0.4 is 49.4 Å². The van der Waals surface area contributed by atoms with Crippen LogP contribution in [0.4, 0.5) is 0 Å². The summed E-state index contributed by atoms with van der Waals surface area (Å²) in [7, 11) is 0. The molecule has 0 spiro atoms. The maximum Gasteiger partial charge on any atom is 0.343 e. The molecule has 0 aliphatic heterocycles. The Hall–Kier alpha value is -11.8. The molecule has 6 aromatic rings. The summed E-state index contributed by atoms with van der Waals surface area (Å²) in [5.41, 5.74) is 13.0. The van der Waals surface area contributed by atoms with Crippen LogP contribution in [0, 0.1) is 0 Å². The highest BCUT2D eigenvalue weighted by Crippen LogP contribution is 2.36. The number of nitrogens with two attached hydrogens (primary N) is 2. The SMILES string of the molecule is C=CC(=O)OCCCCCCCOc1ccc(C(=O)Oc2cc(CCCCCCCc3cc(OC(=O)c4ccc(OCCCCCCCOC(=O)C=C)cc4)cc(C(N)=O)c3OC(=O)c3ccc(OCCCCCCCOC(=O)C=C)cc3)c(OC(=O)c3ccc(OCCCCCCCOC(=O)C=C)cc3)c(C(N)=O)c2)cc1. The van der Waals surface area contributed by atoms with Crippen molar-refractivity contribution in [2.24, 2.45) is 11.5 Å². The zero-order chi connectivity index (χ0) is 81.2. The van der Waals surface area contributed by atoms with Crippen molar-refractivity contribution in [2.75, 3.05) is 52.9 Å². The van der Waals surface area contributed by atoms with Gasteiger partial charge >= 0.3 is 47.8 Å². The van der Waals surface area contributed by atoms with E-state index in [0.717, 1.165) is 153 Å². The molecule has 0 bridgehead atoms. The lowest BCUT2D eigenvalue weighted by atomic mass is 9.99. The van der Waals surface area contributed by atoms with Gasteiger partial charge in [-0.25, -0.2) is 38.4 Å². The molecular formula is C89H106N2O22. The van der Waals surface area contributed by atoms with Crippen LogP contribution in [-0.2, 0) is 51.0 Å². The van der Waals surface area contributed by atoms with Crippen molar-refractivity contribution in [3.05, 3.63) is 216 Å². The zero-order valence-corrected chi connectivity index (χ0v) is 64.6. The highest BCUT2D eigenvalue weighted by molar-refractivity contribution is 6.01. The Morgan fingerprint density at radius 3 is 0.699 bits per heavy atom. The Kier molecular flexibility index (Phi) is 41.7. The molecule has 6 aromatic carbocycles. The lowest BCUT2D eigenvalue weighted by molar-refractivity contribution is -0.138. The van der Waals surface area contributed by atoms with Crippen molar-refractivity contribution in [3.63, 3.8) is 0 Å². The predicted octanol–water partition coefficient (Wildman–Crippen LogP) is 16.7. The molecule has 0 saturated heterocycles. The minimum Gasteiger partial charge on any atom is -0.494 e. The molecular weight excluding hydrogens is 1450 g/mol. The van der Waals surface area contributed by atoms with Crippen LogP contribution >= 0.6 is 0 Å². The van der Waals surface area contributed by atoms with E-state index in [-0.39, 0.29) is 69.2 Å². The first-order chi connectivity index (χ1) is 54.9. The number of amides is 2. The van der Waals surface area contributed by atoms with Gasteiger partial charge in [-0.05, 0) is 210 Å². The summed E-state index contributed by atoms with van der Waals surface area (Å²) < 4.78 is 67.7. The van der Waals surface area contributed by atoms with Crippen LogP contribution in [0.5, 0.6) is 46.0 Å². The van der Waals surface area contributed by atoms with Crippen LogP contribution in [0.2, 0.25) is 0 Å². The topological polar surface area (TPSA) is 333 Å². The van der Waals surface area contributed by atoms with Crippen molar-refractivity contribution >= 4 is 59.6 Å². The fourth-order valence-electron chi connectivity index (χ4n) is 11.6. The summed E-state index contributed by atoms with van der Waals surface area (Å²) in [6.45, 7) is 16.7. The van der Waals surface area contributed by atoms with Crippen LogP contribution in [0.25, 0.3) is 0 Å². The molecule has 0 heterocycles. The molecule has 0 aromatic heterocycles. The van der Waals surface area contributed by atoms with E-state index in [0.29, 0.717) is 119 Å². The summed E-state index contributed by atoms with van der Waals surface area (Å²) in [5.74, 6) is -4.90. The molecule has 2 amide bonds. The lowest BCUT2D eigenvalue weighted by Crippen LogP contribution is -2.18. The standard InChI is InChI=1S/C89H106N2O22/c1-5-78(92)106-56-30-20-10-16-26-52-102-70-44-36-64(37-45-70)86(98)110-74-60-68(82(76(62-74)84(90)96)112-88(100)66-40-48-72(49-41-66)104-54-28-18-12-22-32-58-108-80(94)7-3)34-24-14-9-15-25-35-69-61-75(111-87(99)65-38-46-71(47-39-65)103-53-27-17-11-21-31-57-107-79(93)6-2)63-77(85(91)97)83(69)113-89(101)67-42-50-73(51-43-67)105-55-29-19-13-23-33-59-109-81(95)8-4/h5-8,36-51,60-63H,1-4,9-35,52-59H2,(H2,90,96)(H2,91,97). The summed E-state index contributed by atoms with van der Waals surface area (Å²) in [6, 6.07) is 31.1. The number of hydrogen-bond donors (Lipinski definition) is 2. The first-order valence-corrected chi connectivity index (χ1v) is 38.8. The number of aryl methyl sites for hydroxylation is 2. The molecule has 0 atom stereocenters. The van der Waals surface area contributed by atoms with E-state index in [2.05, 4.69) is 26.3 Å². The molecule has 604 valence electrons. The molecule has 24 heteroatoms. The van der Waals surface area contributed by atoms with Crippen molar-refractivity contribution in [1.29, 1.82) is 0 Å². The van der Waals surface area contributed by atoms with Gasteiger partial charge in [-0.3, -0.25) is 9.59 Å². The van der Waals surface area contributed by atoms with E-state index in [1.165, 1.54) is 24.3 Å². The number of ether oxygens (including phenoxy) is 12. The first kappa shape index (κ1) is 90.1. The Morgan fingerprint density at radius 1 is 0.257 bits per heavy atom. The number of benzene rings is 6. The Labute approximate surface area is 661 Å². The van der Waals surface area contributed by atoms with Gasteiger partial charge in [-0.15, -0.1) is 0 Å². The van der Waals surface area contributed by atoms with Crippen molar-refractivity contribution in [2.45, 2.75) is 173 Å². The van der Waals surface area contributed by atoms with E-state index in [4.69, 9.17) is 68.3 Å². The lowest BCUT2D eigenvalue weighted by Gasteiger charge is -2.17. The Bertz CT molecular complexity index is 3810. The number of unbranched alkanes of at least 4 members (excludes halogenated alkanes) is 20. The Morgan fingerprint density at radius 2 is 0.469 bits per heavy atom. The van der Waals surface area contributed by atoms with Gasteiger partial charge in [-0.2, -0.15) is 0 Å². The van der Waals surface area contributed by atoms with Gasteiger partial charge in [0, 0.05) is 24.3 Å². The molecule has 0 unspecified atom stereocenters. The molecule has 0 fully saturated rings. The second kappa shape index (κ2) is 52.4. The quantitative estimate of drug-likeness (QED) is 0.0118. The minimum atomic E-state index is -0.953. The molecule has 24 nitrogen and oxygen atoms in total. The molecule has 4 N–H and O–H groups in total. The van der Waals surface area contributed by atoms with E-state index in [9.17, 15) is 47.9 Å². The van der Waals surface area contributed by atoms with Gasteiger partial charge in [0.25, 0.3) is 11.8 Å². The van der Waals surface area contributed by atoms with Gasteiger partial charge in [0.05, 0.1) is 86.2 Å². The molecule has 0 aliphatic rings. The smallest absolute Gasteiger partial charge is 0.343 e. The predicted molar refractivity (Wildman–Crippen MR) is 425 cm³/mol. The third kappa shape index (κ3) is 35.0. The number of esters is 8. The number of primary amides is 2. The van der Waals surface area contributed by atoms with Gasteiger partial charge in [0.2, 0.25) is 0 Å². The zero-order valence-electron chi connectivity index (χ0n) is 64.6. The minimum absolute atomic E-state index is 0.0296. The van der Waals surface area contributed by atoms with E-state index in [1.54, 1.807) is 97.1 Å². The van der Waals surface area contributed by atoms with E-state index >= 15 is 0 Å². The fourth-order valence-corrected chi connectivity index (χ4v) is 11.6. The summed E-state index contributed by atoms with van der Waals surface area (Å²) in [4.78, 5) is 127. The number of rotatable bonds is 58. The van der Waals surface area contributed by atoms with E-state index in [1.807, 2.05) is 0 Å². The third-order valence-electron chi connectivity index (χ3n) is 17.7. The molecule has 0 saturated carbocycles. The van der Waals surface area contributed by atoms with Gasteiger partial charge in [0.1, 0.15) is 46.0 Å². The molecule has 0 radical (unpaired) electrons. The summed E-state index contributed by atoms with van der Waals surface area (Å²) >= 11 is 0. The van der Waals surface area contributed by atoms with Crippen molar-refractivity contribution < 1.29 is 105 Å². The highest BCUT2D eigenvalue weighted by Gasteiger charge is 2.25. The maximum atomic E-state index is 14.0. The average molecular weight is 1560 g/mol. The largest absolute Gasteiger partial charge is 0.494 e. The Balaban J connectivity index is 1.13. The molecule has 6 rings (SSSR count). The van der Waals surface area contributed by atoms with Crippen LogP contribution in [0.15, 0.2) is 172 Å². The van der Waals surface area contributed by atoms with Crippen molar-refractivity contribution in [3.8, 4) is 46.0 Å². The summed E-state index contributed by atoms with van der Waals surface area (Å²) in [6.07, 6.45) is 24.8. The average Bonchev–Trinajstić information content (AvgIpc) is 0.805. The third-order valence-corrected chi connectivity index (χ3v) is 17.7.